The van der Waals surface area contributed by atoms with E-state index in [9.17, 15) is 54.6 Å². The summed E-state index contributed by atoms with van der Waals surface area (Å²) < 4.78 is 5.38. The first-order valence-electron chi connectivity index (χ1n) is 10.8. The van der Waals surface area contributed by atoms with Gasteiger partial charge in [0.2, 0.25) is 11.6 Å². The van der Waals surface area contributed by atoms with Crippen LogP contribution in [0.15, 0.2) is 4.42 Å². The van der Waals surface area contributed by atoms with E-state index in [1.54, 1.807) is 0 Å². The number of aromatic hydroxyl groups is 2. The Morgan fingerprint density at radius 1 is 0.861 bits per heavy atom. The minimum absolute atomic E-state index is 0.0429. The van der Waals surface area contributed by atoms with Crippen LogP contribution in [0, 0.1) is 19.8 Å². The zero-order chi connectivity index (χ0) is 27.1. The normalized spacial score (nSPS) is 24.6. The number of hydrogen-bond acceptors (Lipinski definition) is 10. The number of carboxylic acid groups (broad SMARTS) is 2. The van der Waals surface area contributed by atoms with Crippen LogP contribution in [-0.2, 0) is 26.4 Å². The van der Waals surface area contributed by atoms with Crippen molar-refractivity contribution in [2.75, 3.05) is 0 Å². The number of furan rings is 1. The zero-order valence-electron chi connectivity index (χ0n) is 19.3. The fourth-order valence-electron chi connectivity index (χ4n) is 5.89. The SMILES string of the molecule is CC(=O)C1[C@](O)(CC(=O)O)Cc2c(O)c3c(c(O)c2[C@]1(O)CC(=O)O)C(=O)c1c(C)oc(C)c1C3=O. The third-order valence-corrected chi connectivity index (χ3v) is 6.93. The number of carbonyl (C=O) groups excluding carboxylic acids is 3. The molecule has 190 valence electrons. The molecule has 2 aromatic rings. The first-order chi connectivity index (χ1) is 16.6. The first kappa shape index (κ1) is 25.1. The van der Waals surface area contributed by atoms with E-state index in [4.69, 9.17) is 4.42 Å². The fraction of sp³-hybridized carbons (Fsp3) is 0.375. The highest BCUT2D eigenvalue weighted by Gasteiger charge is 2.61. The Kier molecular flexibility index (Phi) is 5.39. The molecule has 0 radical (unpaired) electrons. The number of aliphatic hydroxyl groups is 2. The van der Waals surface area contributed by atoms with E-state index in [-0.39, 0.29) is 22.6 Å². The van der Waals surface area contributed by atoms with Crippen molar-refractivity contribution in [2.24, 2.45) is 5.92 Å². The molecule has 4 rings (SSSR count). The van der Waals surface area contributed by atoms with E-state index < -0.39 is 99.4 Å². The average molecular weight is 502 g/mol. The molecule has 1 aromatic carbocycles. The van der Waals surface area contributed by atoms with Gasteiger partial charge < -0.3 is 35.1 Å². The Balaban J connectivity index is 2.15. The maximum absolute atomic E-state index is 13.4. The van der Waals surface area contributed by atoms with Crippen molar-refractivity contribution in [1.82, 2.24) is 0 Å². The lowest BCUT2D eigenvalue weighted by Gasteiger charge is -2.49. The van der Waals surface area contributed by atoms with Crippen LogP contribution in [0.3, 0.4) is 0 Å². The lowest BCUT2D eigenvalue weighted by molar-refractivity contribution is -0.178. The summed E-state index contributed by atoms with van der Waals surface area (Å²) in [4.78, 5) is 62.7. The number of rotatable bonds is 5. The predicted octanol–water partition coefficient (Wildman–Crippen LogP) is 0.712. The van der Waals surface area contributed by atoms with Crippen LogP contribution in [0.4, 0.5) is 0 Å². The minimum Gasteiger partial charge on any atom is -0.507 e. The molecule has 0 saturated heterocycles. The second-order valence-electron chi connectivity index (χ2n) is 9.31. The molecule has 1 aromatic heterocycles. The molecular weight excluding hydrogens is 480 g/mol. The molecule has 12 nitrogen and oxygen atoms in total. The van der Waals surface area contributed by atoms with Crippen molar-refractivity contribution in [3.63, 3.8) is 0 Å². The summed E-state index contributed by atoms with van der Waals surface area (Å²) in [6.07, 6.45) is -3.31. The molecule has 1 unspecified atom stereocenters. The molecule has 2 aliphatic rings. The number of ketones is 3. The van der Waals surface area contributed by atoms with Crippen LogP contribution in [0.5, 0.6) is 11.5 Å². The van der Waals surface area contributed by atoms with Gasteiger partial charge in [-0.05, 0) is 20.8 Å². The van der Waals surface area contributed by atoms with Crippen molar-refractivity contribution in [2.45, 2.75) is 51.2 Å². The van der Waals surface area contributed by atoms with Gasteiger partial charge in [-0.25, -0.2) is 0 Å². The van der Waals surface area contributed by atoms with Crippen LogP contribution >= 0.6 is 0 Å². The summed E-state index contributed by atoms with van der Waals surface area (Å²) in [5.74, 6) is -10.2. The van der Waals surface area contributed by atoms with Gasteiger partial charge in [0.05, 0.1) is 46.6 Å². The van der Waals surface area contributed by atoms with Gasteiger partial charge >= 0.3 is 11.9 Å². The number of phenols is 2. The van der Waals surface area contributed by atoms with Gasteiger partial charge in [0.15, 0.2) is 0 Å². The van der Waals surface area contributed by atoms with E-state index in [2.05, 4.69) is 0 Å². The average Bonchev–Trinajstić information content (AvgIpc) is 3.00. The van der Waals surface area contributed by atoms with Crippen molar-refractivity contribution in [3.05, 3.63) is 44.9 Å². The summed E-state index contributed by atoms with van der Waals surface area (Å²) in [6.45, 7) is 3.70. The molecule has 1 heterocycles. The molecule has 0 saturated carbocycles. The van der Waals surface area contributed by atoms with Gasteiger partial charge in [0.25, 0.3) is 0 Å². The minimum atomic E-state index is -2.96. The summed E-state index contributed by atoms with van der Waals surface area (Å²) in [5, 5.41) is 64.2. The summed E-state index contributed by atoms with van der Waals surface area (Å²) >= 11 is 0. The van der Waals surface area contributed by atoms with Crippen molar-refractivity contribution < 1.29 is 59.0 Å². The highest BCUT2D eigenvalue weighted by atomic mass is 16.4. The molecule has 0 aliphatic heterocycles. The van der Waals surface area contributed by atoms with Crippen LogP contribution < -0.4 is 0 Å². The van der Waals surface area contributed by atoms with E-state index in [1.807, 2.05) is 0 Å². The van der Waals surface area contributed by atoms with Crippen LogP contribution in [0.1, 0.15) is 74.3 Å². The van der Waals surface area contributed by atoms with Gasteiger partial charge in [-0.2, -0.15) is 0 Å². The molecule has 3 atom stereocenters. The number of hydrogen-bond donors (Lipinski definition) is 6. The smallest absolute Gasteiger partial charge is 0.306 e. The maximum Gasteiger partial charge on any atom is 0.306 e. The zero-order valence-corrected chi connectivity index (χ0v) is 19.3. The second-order valence-corrected chi connectivity index (χ2v) is 9.31. The lowest BCUT2D eigenvalue weighted by Crippen LogP contribution is -2.59. The van der Waals surface area contributed by atoms with Crippen LogP contribution in [-0.4, -0.2) is 65.5 Å². The number of fused-ring (bicyclic) bond motifs is 3. The molecule has 0 fully saturated rings. The van der Waals surface area contributed by atoms with E-state index >= 15 is 0 Å². The van der Waals surface area contributed by atoms with Crippen LogP contribution in [0.25, 0.3) is 0 Å². The van der Waals surface area contributed by atoms with E-state index in [0.29, 0.717) is 0 Å². The Morgan fingerprint density at radius 2 is 1.33 bits per heavy atom. The molecule has 12 heteroatoms. The van der Waals surface area contributed by atoms with Gasteiger partial charge in [-0.15, -0.1) is 0 Å². The Hall–Kier alpha value is -4.03. The number of carboxylic acids is 2. The molecule has 0 spiro atoms. The van der Waals surface area contributed by atoms with Gasteiger partial charge in [0.1, 0.15) is 34.4 Å². The fourth-order valence-corrected chi connectivity index (χ4v) is 5.89. The second kappa shape index (κ2) is 7.73. The summed E-state index contributed by atoms with van der Waals surface area (Å²) in [7, 11) is 0. The Labute approximate surface area is 202 Å². The van der Waals surface area contributed by atoms with Crippen molar-refractivity contribution in [1.29, 1.82) is 0 Å². The maximum atomic E-state index is 13.4. The standard InChI is InChI=1S/C24H22O12/c1-7(25)22-23(34,5-11(26)27)4-10-17(24(22,35)6-12(28)29)21(33)16-15(18(10)30)19(31)13-8(2)36-9(3)14(13)20(16)32/h22,30,33-35H,4-6H2,1-3H3,(H,26,27)(H,28,29)/t22?,23-,24-/m1/s1. The first-order valence-corrected chi connectivity index (χ1v) is 10.8. The topological polar surface area (TPSA) is 220 Å². The highest BCUT2D eigenvalue weighted by molar-refractivity contribution is 6.31. The number of carbonyl (C=O) groups is 5. The molecule has 2 aliphatic carbocycles. The summed E-state index contributed by atoms with van der Waals surface area (Å²) in [6, 6.07) is 0. The monoisotopic (exact) mass is 502 g/mol. The molecule has 36 heavy (non-hydrogen) atoms. The third-order valence-electron chi connectivity index (χ3n) is 6.93. The summed E-state index contributed by atoms with van der Waals surface area (Å²) in [5.41, 5.74) is -8.66. The number of phenolic OH excluding ortho intramolecular Hbond substituents is 2. The molecular formula is C24H22O12. The quantitative estimate of drug-likeness (QED) is 0.266. The van der Waals surface area contributed by atoms with Crippen molar-refractivity contribution in [3.8, 4) is 11.5 Å². The highest BCUT2D eigenvalue weighted by Crippen LogP contribution is 2.56. The van der Waals surface area contributed by atoms with E-state index in [1.165, 1.54) is 13.8 Å². The largest absolute Gasteiger partial charge is 0.507 e. The molecule has 0 bridgehead atoms. The van der Waals surface area contributed by atoms with E-state index in [0.717, 1.165) is 6.92 Å². The number of aliphatic carboxylic acids is 2. The Morgan fingerprint density at radius 3 is 1.78 bits per heavy atom. The van der Waals surface area contributed by atoms with Crippen molar-refractivity contribution >= 4 is 29.3 Å². The number of aryl methyl sites for hydroxylation is 2. The molecule has 0 amide bonds. The Bertz CT molecular complexity index is 1410. The van der Waals surface area contributed by atoms with Crippen LogP contribution in [0.2, 0.25) is 0 Å². The molecule has 6 N–H and O–H groups in total. The third kappa shape index (κ3) is 3.18. The lowest BCUT2D eigenvalue weighted by atomic mass is 9.58. The number of benzene rings is 1. The van der Waals surface area contributed by atoms with Gasteiger partial charge in [-0.1, -0.05) is 0 Å². The van der Waals surface area contributed by atoms with Gasteiger partial charge in [0, 0.05) is 17.5 Å². The predicted molar refractivity (Wildman–Crippen MR) is 116 cm³/mol. The van der Waals surface area contributed by atoms with Gasteiger partial charge in [-0.3, -0.25) is 24.0 Å². The number of Topliss-reactive ketones (excluding diaryl/α,β-unsaturated/α-hetero) is 1.